The lowest BCUT2D eigenvalue weighted by atomic mass is 9.99. The molecule has 0 radical (unpaired) electrons. The molecule has 1 aromatic rings. The van der Waals surface area contributed by atoms with Crippen molar-refractivity contribution in [2.24, 2.45) is 0 Å². The van der Waals surface area contributed by atoms with E-state index in [0.717, 1.165) is 5.56 Å². The number of alkyl halides is 1. The quantitative estimate of drug-likeness (QED) is 0.849. The van der Waals surface area contributed by atoms with Gasteiger partial charge in [0.15, 0.2) is 14.0 Å². The Labute approximate surface area is 114 Å². The first-order chi connectivity index (χ1) is 8.30. The fraction of sp³-hybridized carbons (Fsp3) is 0.538. The SMILES string of the molecule is CC[C@@](Cl)([C@@H](O)c1ccccc1C)S(=O)(=O)CC. The molecule has 1 aromatic carbocycles. The summed E-state index contributed by atoms with van der Waals surface area (Å²) in [6.07, 6.45) is -1.07. The number of rotatable bonds is 5. The van der Waals surface area contributed by atoms with Crippen LogP contribution in [0.5, 0.6) is 0 Å². The number of sulfone groups is 1. The maximum atomic E-state index is 12.1. The molecule has 0 spiro atoms. The van der Waals surface area contributed by atoms with Gasteiger partial charge in [-0.25, -0.2) is 8.42 Å². The second-order valence-corrected chi connectivity index (χ2v) is 7.74. The molecule has 0 heterocycles. The van der Waals surface area contributed by atoms with E-state index in [0.29, 0.717) is 5.56 Å². The van der Waals surface area contributed by atoms with E-state index < -0.39 is 20.1 Å². The van der Waals surface area contributed by atoms with Gasteiger partial charge in [0.25, 0.3) is 0 Å². The Kier molecular flexibility index (Phi) is 4.81. The topological polar surface area (TPSA) is 54.4 Å². The highest BCUT2D eigenvalue weighted by Gasteiger charge is 2.46. The van der Waals surface area contributed by atoms with Crippen LogP contribution in [0.15, 0.2) is 24.3 Å². The number of benzene rings is 1. The van der Waals surface area contributed by atoms with Crippen molar-refractivity contribution in [1.29, 1.82) is 0 Å². The summed E-state index contributed by atoms with van der Waals surface area (Å²) in [6.45, 7) is 5.03. The van der Waals surface area contributed by atoms with Gasteiger partial charge in [-0.15, -0.1) is 0 Å². The van der Waals surface area contributed by atoms with E-state index in [4.69, 9.17) is 11.6 Å². The van der Waals surface area contributed by atoms with Gasteiger partial charge in [0.2, 0.25) is 0 Å². The maximum absolute atomic E-state index is 12.1. The maximum Gasteiger partial charge on any atom is 0.175 e. The average molecular weight is 291 g/mol. The number of aliphatic hydroxyl groups is 1. The molecular weight excluding hydrogens is 272 g/mol. The van der Waals surface area contributed by atoms with Gasteiger partial charge in [-0.3, -0.25) is 0 Å². The molecule has 2 atom stereocenters. The summed E-state index contributed by atoms with van der Waals surface area (Å²) < 4.78 is 22.5. The van der Waals surface area contributed by atoms with E-state index in [1.165, 1.54) is 6.92 Å². The van der Waals surface area contributed by atoms with Crippen LogP contribution in [0.2, 0.25) is 0 Å². The third-order valence-electron chi connectivity index (χ3n) is 3.27. The van der Waals surface area contributed by atoms with Crippen molar-refractivity contribution in [2.45, 2.75) is 37.5 Å². The minimum Gasteiger partial charge on any atom is -0.385 e. The van der Waals surface area contributed by atoms with Crippen molar-refractivity contribution in [3.05, 3.63) is 35.4 Å². The zero-order valence-electron chi connectivity index (χ0n) is 10.9. The molecule has 0 saturated carbocycles. The van der Waals surface area contributed by atoms with Crippen LogP contribution in [-0.2, 0) is 9.84 Å². The second kappa shape index (κ2) is 5.59. The molecule has 5 heteroatoms. The summed E-state index contributed by atoms with van der Waals surface area (Å²) in [7, 11) is -3.56. The summed E-state index contributed by atoms with van der Waals surface area (Å²) in [5.41, 5.74) is 1.39. The largest absolute Gasteiger partial charge is 0.385 e. The predicted molar refractivity (Wildman–Crippen MR) is 74.5 cm³/mol. The summed E-state index contributed by atoms with van der Waals surface area (Å²) in [5, 5.41) is 10.4. The smallest absolute Gasteiger partial charge is 0.175 e. The lowest BCUT2D eigenvalue weighted by Gasteiger charge is -2.31. The molecule has 0 fully saturated rings. The van der Waals surface area contributed by atoms with Crippen LogP contribution < -0.4 is 0 Å². The molecule has 0 bridgehead atoms. The van der Waals surface area contributed by atoms with Gasteiger partial charge >= 0.3 is 0 Å². The highest BCUT2D eigenvalue weighted by Crippen LogP contribution is 2.41. The lowest BCUT2D eigenvalue weighted by molar-refractivity contribution is 0.154. The molecule has 0 aliphatic carbocycles. The number of hydrogen-bond acceptors (Lipinski definition) is 3. The van der Waals surface area contributed by atoms with Crippen molar-refractivity contribution in [3.8, 4) is 0 Å². The summed E-state index contributed by atoms with van der Waals surface area (Å²) in [5.74, 6) is -0.0900. The molecule has 0 aromatic heterocycles. The van der Waals surface area contributed by atoms with Gasteiger partial charge in [-0.05, 0) is 24.5 Å². The van der Waals surface area contributed by atoms with E-state index in [1.54, 1.807) is 19.1 Å². The van der Waals surface area contributed by atoms with Crippen LogP contribution in [0.1, 0.15) is 37.5 Å². The van der Waals surface area contributed by atoms with Crippen molar-refractivity contribution >= 4 is 21.4 Å². The molecule has 1 rings (SSSR count). The first kappa shape index (κ1) is 15.5. The molecular formula is C13H19ClO3S. The Morgan fingerprint density at radius 1 is 1.33 bits per heavy atom. The molecule has 1 N–H and O–H groups in total. The zero-order chi connectivity index (χ0) is 14.0. The first-order valence-electron chi connectivity index (χ1n) is 5.95. The standard InChI is InChI=1S/C13H19ClO3S/c1-4-13(14,18(16,17)5-2)12(15)11-9-7-6-8-10(11)3/h6-9,12,15H,4-5H2,1-3H3/t12-,13-/m0/s1. The fourth-order valence-corrected chi connectivity index (χ4v) is 3.78. The van der Waals surface area contributed by atoms with Crippen LogP contribution >= 0.6 is 11.6 Å². The van der Waals surface area contributed by atoms with Crippen LogP contribution in [0.25, 0.3) is 0 Å². The van der Waals surface area contributed by atoms with Crippen molar-refractivity contribution in [2.75, 3.05) is 5.75 Å². The van der Waals surface area contributed by atoms with Gasteiger partial charge < -0.3 is 5.11 Å². The molecule has 102 valence electrons. The second-order valence-electron chi connectivity index (χ2n) is 4.30. The van der Waals surface area contributed by atoms with E-state index >= 15 is 0 Å². The van der Waals surface area contributed by atoms with E-state index in [-0.39, 0.29) is 12.2 Å². The number of aliphatic hydroxyl groups excluding tert-OH is 1. The molecule has 0 aliphatic rings. The molecule has 0 unspecified atom stereocenters. The summed E-state index contributed by atoms with van der Waals surface area (Å²) in [4.78, 5) is 0. The van der Waals surface area contributed by atoms with Crippen LogP contribution in [0.3, 0.4) is 0 Å². The highest BCUT2D eigenvalue weighted by atomic mass is 35.5. The zero-order valence-corrected chi connectivity index (χ0v) is 12.4. The Bertz CT molecular complexity index is 513. The van der Waals surface area contributed by atoms with Crippen LogP contribution in [-0.4, -0.2) is 23.5 Å². The Morgan fingerprint density at radius 2 is 1.89 bits per heavy atom. The van der Waals surface area contributed by atoms with Crippen molar-refractivity contribution < 1.29 is 13.5 Å². The molecule has 0 amide bonds. The van der Waals surface area contributed by atoms with Gasteiger partial charge in [0.1, 0.15) is 6.10 Å². The fourth-order valence-electron chi connectivity index (χ4n) is 1.95. The lowest BCUT2D eigenvalue weighted by Crippen LogP contribution is -2.40. The molecule has 3 nitrogen and oxygen atoms in total. The van der Waals surface area contributed by atoms with Crippen LogP contribution in [0.4, 0.5) is 0 Å². The highest BCUT2D eigenvalue weighted by molar-refractivity contribution is 7.94. The minimum absolute atomic E-state index is 0.0900. The summed E-state index contributed by atoms with van der Waals surface area (Å²) >= 11 is 6.23. The number of halogens is 1. The van der Waals surface area contributed by atoms with Gasteiger partial charge in [0, 0.05) is 5.75 Å². The van der Waals surface area contributed by atoms with Crippen molar-refractivity contribution in [1.82, 2.24) is 0 Å². The third kappa shape index (κ3) is 2.56. The molecule has 18 heavy (non-hydrogen) atoms. The van der Waals surface area contributed by atoms with Gasteiger partial charge in [0.05, 0.1) is 0 Å². The van der Waals surface area contributed by atoms with Crippen molar-refractivity contribution in [3.63, 3.8) is 0 Å². The third-order valence-corrected chi connectivity index (χ3v) is 6.76. The first-order valence-corrected chi connectivity index (χ1v) is 7.98. The monoisotopic (exact) mass is 290 g/mol. The summed E-state index contributed by atoms with van der Waals surface area (Å²) in [6, 6.07) is 7.13. The Morgan fingerprint density at radius 3 is 2.33 bits per heavy atom. The minimum atomic E-state index is -3.56. The number of hydrogen-bond donors (Lipinski definition) is 1. The Balaban J connectivity index is 3.31. The van der Waals surface area contributed by atoms with E-state index in [9.17, 15) is 13.5 Å². The van der Waals surface area contributed by atoms with Gasteiger partial charge in [-0.2, -0.15) is 0 Å². The average Bonchev–Trinajstić information content (AvgIpc) is 2.37. The van der Waals surface area contributed by atoms with Crippen LogP contribution in [0, 0.1) is 6.92 Å². The van der Waals surface area contributed by atoms with E-state index in [1.807, 2.05) is 19.1 Å². The van der Waals surface area contributed by atoms with E-state index in [2.05, 4.69) is 0 Å². The molecule has 0 saturated heterocycles. The predicted octanol–water partition coefficient (Wildman–Crippen LogP) is 2.81. The van der Waals surface area contributed by atoms with Gasteiger partial charge in [-0.1, -0.05) is 49.7 Å². The number of aryl methyl sites for hydroxylation is 1. The normalized spacial score (nSPS) is 17.2. The molecule has 0 aliphatic heterocycles. The Hall–Kier alpha value is -0.580.